The Hall–Kier alpha value is -2.28. The fourth-order valence-corrected chi connectivity index (χ4v) is 2.04. The quantitative estimate of drug-likeness (QED) is 0.815. The molecule has 2 rings (SSSR count). The number of rotatable bonds is 7. The first-order chi connectivity index (χ1) is 10.6. The van der Waals surface area contributed by atoms with Crippen molar-refractivity contribution < 1.29 is 9.53 Å². The fourth-order valence-electron chi connectivity index (χ4n) is 2.04. The van der Waals surface area contributed by atoms with Crippen molar-refractivity contribution in [2.75, 3.05) is 13.7 Å². The van der Waals surface area contributed by atoms with Crippen LogP contribution in [0.25, 0.3) is 0 Å². The van der Waals surface area contributed by atoms with Crippen molar-refractivity contribution in [3.8, 4) is 0 Å². The molecule has 0 aliphatic carbocycles. The van der Waals surface area contributed by atoms with Gasteiger partial charge in [-0.3, -0.25) is 4.79 Å². The molecule has 0 fully saturated rings. The Balaban J connectivity index is 1.88. The van der Waals surface area contributed by atoms with Crippen LogP contribution < -0.4 is 5.32 Å². The largest absolute Gasteiger partial charge is 0.383 e. The number of nitrogens with one attached hydrogen (secondary N) is 1. The third-order valence-electron chi connectivity index (χ3n) is 3.09. The monoisotopic (exact) mass is 303 g/mol. The molecule has 1 aromatic heterocycles. The first-order valence-corrected chi connectivity index (χ1v) is 7.17. The van der Waals surface area contributed by atoms with Crippen LogP contribution in [0.5, 0.6) is 0 Å². The number of amides is 1. The molecular weight excluding hydrogens is 282 g/mol. The van der Waals surface area contributed by atoms with Gasteiger partial charge in [0.25, 0.3) is 0 Å². The van der Waals surface area contributed by atoms with Gasteiger partial charge >= 0.3 is 0 Å². The van der Waals surface area contributed by atoms with Gasteiger partial charge in [-0.25, -0.2) is 0 Å². The molecule has 118 valence electrons. The van der Waals surface area contributed by atoms with Crippen LogP contribution in [0.15, 0.2) is 24.3 Å². The Morgan fingerprint density at radius 1 is 1.36 bits per heavy atom. The average Bonchev–Trinajstić information content (AvgIpc) is 2.88. The van der Waals surface area contributed by atoms with Crippen LogP contribution in [0.4, 0.5) is 0 Å². The number of hydrogen-bond acceptors (Lipinski definition) is 5. The molecule has 1 aromatic carbocycles. The maximum absolute atomic E-state index is 11.8. The van der Waals surface area contributed by atoms with Gasteiger partial charge in [-0.15, -0.1) is 10.2 Å². The van der Waals surface area contributed by atoms with Crippen molar-refractivity contribution in [3.63, 3.8) is 0 Å². The summed E-state index contributed by atoms with van der Waals surface area (Å²) in [6, 6.07) is 8.12. The molecule has 0 radical (unpaired) electrons. The Kier molecular flexibility index (Phi) is 5.60. The van der Waals surface area contributed by atoms with Crippen molar-refractivity contribution in [1.82, 2.24) is 25.5 Å². The van der Waals surface area contributed by atoms with Crippen LogP contribution in [0.1, 0.15) is 23.9 Å². The predicted octanol–water partition coefficient (Wildman–Crippen LogP) is 0.723. The van der Waals surface area contributed by atoms with Gasteiger partial charge < -0.3 is 10.1 Å². The lowest BCUT2D eigenvalue weighted by Gasteiger charge is -2.11. The molecule has 7 nitrogen and oxygen atoms in total. The van der Waals surface area contributed by atoms with E-state index in [4.69, 9.17) is 4.74 Å². The maximum atomic E-state index is 11.8. The second-order valence-electron chi connectivity index (χ2n) is 5.32. The molecular formula is C15H21N5O2. The highest BCUT2D eigenvalue weighted by atomic mass is 16.5. The molecule has 0 aliphatic heterocycles. The molecule has 22 heavy (non-hydrogen) atoms. The SMILES string of the molecule is COCC(C)NC(=O)Cn1nnc(Cc2ccc(C)cc2)n1. The molecule has 0 saturated heterocycles. The highest BCUT2D eigenvalue weighted by Gasteiger charge is 2.10. The summed E-state index contributed by atoms with van der Waals surface area (Å²) in [5, 5.41) is 14.9. The van der Waals surface area contributed by atoms with Crippen molar-refractivity contribution in [1.29, 1.82) is 0 Å². The van der Waals surface area contributed by atoms with Gasteiger partial charge in [-0.2, -0.15) is 4.80 Å². The molecule has 7 heteroatoms. The zero-order chi connectivity index (χ0) is 15.9. The number of aromatic nitrogens is 4. The number of benzene rings is 1. The minimum Gasteiger partial charge on any atom is -0.383 e. The molecule has 1 unspecified atom stereocenters. The van der Waals surface area contributed by atoms with Gasteiger partial charge in [0.1, 0.15) is 6.54 Å². The summed E-state index contributed by atoms with van der Waals surface area (Å²) in [5.41, 5.74) is 2.32. The molecule has 1 amide bonds. The summed E-state index contributed by atoms with van der Waals surface area (Å²) in [6.45, 7) is 4.44. The van der Waals surface area contributed by atoms with E-state index in [9.17, 15) is 4.79 Å². The normalized spacial score (nSPS) is 12.1. The fraction of sp³-hybridized carbons (Fsp3) is 0.467. The first-order valence-electron chi connectivity index (χ1n) is 7.17. The number of carbonyl (C=O) groups is 1. The summed E-state index contributed by atoms with van der Waals surface area (Å²) in [7, 11) is 1.60. The standard InChI is InChI=1S/C15H21N5O2/c1-11-4-6-13(7-5-11)8-14-17-19-20(18-14)9-15(21)16-12(2)10-22-3/h4-7,12H,8-10H2,1-3H3,(H,16,21). The van der Waals surface area contributed by atoms with Gasteiger partial charge in [-0.05, 0) is 24.6 Å². The average molecular weight is 303 g/mol. The number of aryl methyl sites for hydroxylation is 1. The van der Waals surface area contributed by atoms with Crippen LogP contribution in [-0.2, 0) is 22.5 Å². The van der Waals surface area contributed by atoms with Gasteiger partial charge in [-0.1, -0.05) is 29.8 Å². The minimum absolute atomic E-state index is 0.0481. The summed E-state index contributed by atoms with van der Waals surface area (Å²) in [4.78, 5) is 13.1. The number of ether oxygens (including phenoxy) is 1. The van der Waals surface area contributed by atoms with Gasteiger partial charge in [0.15, 0.2) is 5.82 Å². The van der Waals surface area contributed by atoms with E-state index in [-0.39, 0.29) is 18.5 Å². The van der Waals surface area contributed by atoms with Crippen molar-refractivity contribution in [3.05, 3.63) is 41.2 Å². The number of carbonyl (C=O) groups excluding carboxylic acids is 1. The van der Waals surface area contributed by atoms with E-state index >= 15 is 0 Å². The molecule has 1 atom stereocenters. The molecule has 0 aliphatic rings. The predicted molar refractivity (Wildman–Crippen MR) is 81.3 cm³/mol. The smallest absolute Gasteiger partial charge is 0.243 e. The molecule has 1 N–H and O–H groups in total. The zero-order valence-electron chi connectivity index (χ0n) is 13.1. The lowest BCUT2D eigenvalue weighted by Crippen LogP contribution is -2.38. The minimum atomic E-state index is -0.163. The number of hydrogen-bond donors (Lipinski definition) is 1. The van der Waals surface area contributed by atoms with E-state index in [0.717, 1.165) is 5.56 Å². The van der Waals surface area contributed by atoms with E-state index in [2.05, 4.69) is 20.7 Å². The topological polar surface area (TPSA) is 81.9 Å². The van der Waals surface area contributed by atoms with E-state index in [0.29, 0.717) is 18.9 Å². The van der Waals surface area contributed by atoms with E-state index < -0.39 is 0 Å². The van der Waals surface area contributed by atoms with Crippen molar-refractivity contribution in [2.24, 2.45) is 0 Å². The van der Waals surface area contributed by atoms with E-state index in [1.54, 1.807) is 7.11 Å². The molecule has 1 heterocycles. The van der Waals surface area contributed by atoms with E-state index in [1.807, 2.05) is 38.1 Å². The highest BCUT2D eigenvalue weighted by Crippen LogP contribution is 2.06. The Bertz CT molecular complexity index is 609. The van der Waals surface area contributed by atoms with Crippen LogP contribution in [0.2, 0.25) is 0 Å². The second-order valence-corrected chi connectivity index (χ2v) is 5.32. The maximum Gasteiger partial charge on any atom is 0.243 e. The van der Waals surface area contributed by atoms with Crippen LogP contribution in [0, 0.1) is 6.92 Å². The third-order valence-corrected chi connectivity index (χ3v) is 3.09. The zero-order valence-corrected chi connectivity index (χ0v) is 13.1. The summed E-state index contributed by atoms with van der Waals surface area (Å²) >= 11 is 0. The van der Waals surface area contributed by atoms with Gasteiger partial charge in [0.05, 0.1) is 6.61 Å². The van der Waals surface area contributed by atoms with E-state index in [1.165, 1.54) is 10.4 Å². The third kappa shape index (κ3) is 4.92. The molecule has 2 aromatic rings. The lowest BCUT2D eigenvalue weighted by molar-refractivity contribution is -0.123. The van der Waals surface area contributed by atoms with Crippen LogP contribution in [-0.4, -0.2) is 45.9 Å². The molecule has 0 bridgehead atoms. The Labute approximate surface area is 129 Å². The number of methoxy groups -OCH3 is 1. The number of nitrogens with zero attached hydrogens (tertiary/aromatic N) is 4. The van der Waals surface area contributed by atoms with Crippen LogP contribution in [0.3, 0.4) is 0 Å². The van der Waals surface area contributed by atoms with Gasteiger partial charge in [0, 0.05) is 19.6 Å². The van der Waals surface area contributed by atoms with Crippen molar-refractivity contribution in [2.45, 2.75) is 32.9 Å². The molecule has 0 saturated carbocycles. The highest BCUT2D eigenvalue weighted by molar-refractivity contribution is 5.75. The first kappa shape index (κ1) is 16.1. The Morgan fingerprint density at radius 2 is 2.09 bits per heavy atom. The van der Waals surface area contributed by atoms with Crippen LogP contribution >= 0.6 is 0 Å². The Morgan fingerprint density at radius 3 is 2.77 bits per heavy atom. The van der Waals surface area contributed by atoms with Gasteiger partial charge in [0.2, 0.25) is 5.91 Å². The summed E-state index contributed by atoms with van der Waals surface area (Å²) < 4.78 is 4.97. The number of tetrazole rings is 1. The van der Waals surface area contributed by atoms with Crippen molar-refractivity contribution >= 4 is 5.91 Å². The molecule has 0 spiro atoms. The lowest BCUT2D eigenvalue weighted by atomic mass is 10.1. The summed E-state index contributed by atoms with van der Waals surface area (Å²) in [6.07, 6.45) is 0.599. The second kappa shape index (κ2) is 7.65. The summed E-state index contributed by atoms with van der Waals surface area (Å²) in [5.74, 6) is 0.436.